The third-order valence-corrected chi connectivity index (χ3v) is 17.9. The molecule has 11 aromatic rings. The molecular weight excluding hydrogens is 894 g/mol. The van der Waals surface area contributed by atoms with E-state index in [1.165, 1.54) is 130 Å². The van der Waals surface area contributed by atoms with E-state index in [1.807, 2.05) is 23.5 Å². The quantitative estimate of drug-likeness (QED) is 0.125. The SMILES string of the molecule is CC1C(c2c3ccccc3c(-c3ccccc3)c3ccccc23)=CC(c2cccc(C(C)(C)C)c2)=CC1c1cc2c3c(c1)Sc1cc(-n4c5ccccc5c5ccccc54)ccc1B3c1ccccc1S2. The first-order chi connectivity index (χ1) is 34.8. The fourth-order valence-electron chi connectivity index (χ4n) is 12.2. The van der Waals surface area contributed by atoms with E-state index >= 15 is 0 Å². The highest BCUT2D eigenvalue weighted by molar-refractivity contribution is 8.01. The predicted molar refractivity (Wildman–Crippen MR) is 306 cm³/mol. The number of allylic oxidation sites excluding steroid dienone is 4. The summed E-state index contributed by atoms with van der Waals surface area (Å²) in [5.41, 5.74) is 18.5. The molecule has 14 rings (SSSR count). The highest BCUT2D eigenvalue weighted by atomic mass is 32.2. The Balaban J connectivity index is 0.973. The molecule has 0 fully saturated rings. The van der Waals surface area contributed by atoms with Gasteiger partial charge in [-0.05, 0) is 125 Å². The number of aromatic nitrogens is 1. The second kappa shape index (κ2) is 16.4. The van der Waals surface area contributed by atoms with E-state index in [-0.39, 0.29) is 24.0 Å². The van der Waals surface area contributed by atoms with Crippen LogP contribution in [-0.4, -0.2) is 11.3 Å². The van der Waals surface area contributed by atoms with Crippen LogP contribution in [0.5, 0.6) is 0 Å². The number of hydrogen-bond donors (Lipinski definition) is 0. The van der Waals surface area contributed by atoms with E-state index < -0.39 is 0 Å². The summed E-state index contributed by atoms with van der Waals surface area (Å²) in [5.74, 6) is 0.280. The van der Waals surface area contributed by atoms with Crippen LogP contribution in [0.3, 0.4) is 0 Å². The van der Waals surface area contributed by atoms with E-state index in [9.17, 15) is 0 Å². The van der Waals surface area contributed by atoms with Crippen LogP contribution in [0.2, 0.25) is 0 Å². The van der Waals surface area contributed by atoms with Gasteiger partial charge in [0.15, 0.2) is 0 Å². The summed E-state index contributed by atoms with van der Waals surface area (Å²) in [6, 6.07) is 77.8. The van der Waals surface area contributed by atoms with Crippen molar-refractivity contribution in [1.82, 2.24) is 4.57 Å². The fourth-order valence-corrected chi connectivity index (χ4v) is 14.8. The Morgan fingerprint density at radius 3 is 1.68 bits per heavy atom. The van der Waals surface area contributed by atoms with Gasteiger partial charge >= 0.3 is 0 Å². The lowest BCUT2D eigenvalue weighted by Crippen LogP contribution is -2.58. The highest BCUT2D eigenvalue weighted by Crippen LogP contribution is 2.51. The molecule has 1 aliphatic carbocycles. The first-order valence-electron chi connectivity index (χ1n) is 25.1. The van der Waals surface area contributed by atoms with Crippen molar-refractivity contribution in [3.63, 3.8) is 0 Å². The summed E-state index contributed by atoms with van der Waals surface area (Å²) in [6.45, 7) is 9.61. The molecule has 10 aromatic carbocycles. The maximum absolute atomic E-state index is 2.60. The van der Waals surface area contributed by atoms with Crippen LogP contribution in [0.15, 0.2) is 238 Å². The average Bonchev–Trinajstić information content (AvgIpc) is 3.75. The standard InChI is InChI=1S/C67H50BNS2/c1-41-54(36-44(43-21-18-22-46(35-43)67(2,3)4)37-55(41)65-52-27-10-8-25-50(52)64(42-19-6-5-7-20-42)51-26-9-11-28-53(51)65)45-38-62-66-63(39-45)71-61-40-47(33-34-57(61)68(66)56-29-14-17-32-60(56)70-62)69-58-30-15-12-23-48(58)49-24-13-16-31-59(49)69/h5-41,54H,1-4H3. The second-order valence-electron chi connectivity index (χ2n) is 20.8. The summed E-state index contributed by atoms with van der Waals surface area (Å²) in [5, 5.41) is 7.75. The monoisotopic (exact) mass is 943 g/mol. The van der Waals surface area contributed by atoms with Gasteiger partial charge in [-0.15, -0.1) is 0 Å². The molecular formula is C67H50BNS2. The minimum absolute atomic E-state index is 0.0181. The molecule has 4 heteroatoms. The topological polar surface area (TPSA) is 4.93 Å². The Hall–Kier alpha value is -7.24. The molecule has 1 nitrogen and oxygen atoms in total. The Bertz CT molecular complexity index is 3960. The van der Waals surface area contributed by atoms with Crippen LogP contribution in [-0.2, 0) is 5.41 Å². The molecule has 0 N–H and O–H groups in total. The molecule has 0 amide bonds. The van der Waals surface area contributed by atoms with Gasteiger partial charge in [0.25, 0.3) is 0 Å². The third kappa shape index (κ3) is 6.79. The Kier molecular flexibility index (Phi) is 9.86. The molecule has 2 unspecified atom stereocenters. The van der Waals surface area contributed by atoms with Crippen LogP contribution in [0, 0.1) is 5.92 Å². The van der Waals surface area contributed by atoms with Crippen LogP contribution < -0.4 is 16.4 Å². The van der Waals surface area contributed by atoms with E-state index in [0.717, 1.165) is 0 Å². The number of rotatable bonds is 5. The first kappa shape index (κ1) is 42.6. The number of benzene rings is 10. The molecule has 0 spiro atoms. The maximum Gasteiger partial charge on any atom is 0.247 e. The second-order valence-corrected chi connectivity index (χ2v) is 22.9. The van der Waals surface area contributed by atoms with Crippen molar-refractivity contribution in [3.05, 3.63) is 241 Å². The van der Waals surface area contributed by atoms with Crippen LogP contribution in [0.25, 0.3) is 71.3 Å². The van der Waals surface area contributed by atoms with Crippen molar-refractivity contribution >= 4 is 101 Å². The van der Waals surface area contributed by atoms with Crippen LogP contribution in [0.4, 0.5) is 0 Å². The molecule has 3 aliphatic rings. The van der Waals surface area contributed by atoms with Gasteiger partial charge in [0, 0.05) is 42.0 Å². The molecule has 1 aromatic heterocycles. The smallest absolute Gasteiger partial charge is 0.247 e. The molecule has 0 radical (unpaired) electrons. The Labute approximate surface area is 425 Å². The summed E-state index contributed by atoms with van der Waals surface area (Å²) in [6.07, 6.45) is 5.15. The minimum atomic E-state index is 0.0181. The molecule has 0 saturated heterocycles. The highest BCUT2D eigenvalue weighted by Gasteiger charge is 2.40. The molecule has 3 heterocycles. The Morgan fingerprint density at radius 1 is 0.465 bits per heavy atom. The van der Waals surface area contributed by atoms with Crippen LogP contribution in [0.1, 0.15) is 55.9 Å². The molecule has 338 valence electrons. The van der Waals surface area contributed by atoms with Gasteiger partial charge in [-0.1, -0.05) is 238 Å². The molecule has 2 aliphatic heterocycles. The van der Waals surface area contributed by atoms with Crippen molar-refractivity contribution in [2.24, 2.45) is 5.92 Å². The minimum Gasteiger partial charge on any atom is -0.309 e. The van der Waals surface area contributed by atoms with Gasteiger partial charge in [0.1, 0.15) is 0 Å². The van der Waals surface area contributed by atoms with Gasteiger partial charge in [0.2, 0.25) is 6.71 Å². The zero-order valence-electron chi connectivity index (χ0n) is 40.3. The van der Waals surface area contributed by atoms with Crippen molar-refractivity contribution in [2.75, 3.05) is 0 Å². The predicted octanol–water partition coefficient (Wildman–Crippen LogP) is 16.4. The maximum atomic E-state index is 2.60. The lowest BCUT2D eigenvalue weighted by Gasteiger charge is -2.36. The normalized spacial score (nSPS) is 16.2. The third-order valence-electron chi connectivity index (χ3n) is 15.7. The molecule has 0 saturated carbocycles. The van der Waals surface area contributed by atoms with Gasteiger partial charge in [-0.3, -0.25) is 0 Å². The largest absolute Gasteiger partial charge is 0.309 e. The fraction of sp³-hybridized carbons (Fsp3) is 0.104. The van der Waals surface area contributed by atoms with Crippen molar-refractivity contribution in [3.8, 4) is 16.8 Å². The van der Waals surface area contributed by atoms with E-state index in [0.29, 0.717) is 0 Å². The van der Waals surface area contributed by atoms with E-state index in [1.54, 1.807) is 0 Å². The van der Waals surface area contributed by atoms with Crippen LogP contribution >= 0.6 is 23.5 Å². The number of hydrogen-bond acceptors (Lipinski definition) is 2. The lowest BCUT2D eigenvalue weighted by molar-refractivity contribution is 0.590. The number of fused-ring (bicyclic) bond motifs is 9. The van der Waals surface area contributed by atoms with Gasteiger partial charge in [-0.2, -0.15) is 0 Å². The van der Waals surface area contributed by atoms with Crippen molar-refractivity contribution in [2.45, 2.75) is 58.6 Å². The average molecular weight is 944 g/mol. The number of nitrogens with zero attached hydrogens (tertiary/aromatic N) is 1. The lowest BCUT2D eigenvalue weighted by atomic mass is 9.36. The van der Waals surface area contributed by atoms with Gasteiger partial charge in [-0.25, -0.2) is 0 Å². The first-order valence-corrected chi connectivity index (χ1v) is 26.7. The summed E-state index contributed by atoms with van der Waals surface area (Å²) >= 11 is 3.92. The number of para-hydroxylation sites is 2. The molecule has 2 atom stereocenters. The zero-order valence-corrected chi connectivity index (χ0v) is 41.9. The summed E-state index contributed by atoms with van der Waals surface area (Å²) in [7, 11) is 0. The van der Waals surface area contributed by atoms with E-state index in [4.69, 9.17) is 0 Å². The van der Waals surface area contributed by atoms with Crippen molar-refractivity contribution in [1.29, 1.82) is 0 Å². The van der Waals surface area contributed by atoms with Gasteiger partial charge < -0.3 is 4.57 Å². The molecule has 71 heavy (non-hydrogen) atoms. The summed E-state index contributed by atoms with van der Waals surface area (Å²) in [4.78, 5) is 5.42. The van der Waals surface area contributed by atoms with E-state index in [2.05, 4.69) is 251 Å². The zero-order chi connectivity index (χ0) is 47.5. The molecule has 0 bridgehead atoms. The summed E-state index contributed by atoms with van der Waals surface area (Å²) < 4.78 is 2.46. The van der Waals surface area contributed by atoms with Gasteiger partial charge in [0.05, 0.1) is 11.0 Å². The Morgan fingerprint density at radius 2 is 1.01 bits per heavy atom. The van der Waals surface area contributed by atoms with Crippen molar-refractivity contribution < 1.29 is 0 Å².